The molecule has 0 radical (unpaired) electrons. The van der Waals surface area contributed by atoms with E-state index in [9.17, 15) is 0 Å². The van der Waals surface area contributed by atoms with Crippen molar-refractivity contribution in [3.63, 3.8) is 0 Å². The van der Waals surface area contributed by atoms with E-state index in [0.717, 1.165) is 42.5 Å². The summed E-state index contributed by atoms with van der Waals surface area (Å²) in [5.74, 6) is 1.63. The van der Waals surface area contributed by atoms with E-state index < -0.39 is 0 Å². The number of nitrogens with zero attached hydrogens (tertiary/aromatic N) is 2. The van der Waals surface area contributed by atoms with Crippen molar-refractivity contribution in [1.82, 2.24) is 15.3 Å². The molecule has 16 heavy (non-hydrogen) atoms. The van der Waals surface area contributed by atoms with Gasteiger partial charge in [0.25, 0.3) is 0 Å². The molecule has 0 unspecified atom stereocenters. The van der Waals surface area contributed by atoms with Crippen molar-refractivity contribution >= 4 is 11.3 Å². The maximum Gasteiger partial charge on any atom is 0.194 e. The van der Waals surface area contributed by atoms with E-state index >= 15 is 0 Å². The average molecular weight is 237 g/mol. The molecule has 0 aromatic carbocycles. The summed E-state index contributed by atoms with van der Waals surface area (Å²) in [6.45, 7) is 4.12. The second kappa shape index (κ2) is 5.77. The highest BCUT2D eigenvalue weighted by Gasteiger charge is 2.06. The number of aromatic nitrogens is 2. The van der Waals surface area contributed by atoms with Crippen LogP contribution in [-0.2, 0) is 6.42 Å². The Hall–Kier alpha value is -1.20. The number of aryl methyl sites for hydroxylation is 1. The summed E-state index contributed by atoms with van der Waals surface area (Å²) in [5, 5.41) is 3.28. The van der Waals surface area contributed by atoms with Gasteiger partial charge in [-0.05, 0) is 19.5 Å². The van der Waals surface area contributed by atoms with Crippen molar-refractivity contribution in [2.45, 2.75) is 19.8 Å². The van der Waals surface area contributed by atoms with Crippen molar-refractivity contribution < 1.29 is 4.42 Å². The van der Waals surface area contributed by atoms with Crippen molar-refractivity contribution in [3.05, 3.63) is 23.8 Å². The van der Waals surface area contributed by atoms with Crippen LogP contribution in [0.15, 0.2) is 22.3 Å². The molecular weight excluding hydrogens is 222 g/mol. The summed E-state index contributed by atoms with van der Waals surface area (Å²) in [6, 6.07) is 0. The zero-order chi connectivity index (χ0) is 11.2. The van der Waals surface area contributed by atoms with Crippen LogP contribution in [0.25, 0.3) is 10.6 Å². The quantitative estimate of drug-likeness (QED) is 0.783. The zero-order valence-electron chi connectivity index (χ0n) is 9.27. The third-order valence-corrected chi connectivity index (χ3v) is 3.01. The lowest BCUT2D eigenvalue weighted by Gasteiger charge is -1.98. The molecule has 0 amide bonds. The van der Waals surface area contributed by atoms with E-state index in [0.29, 0.717) is 0 Å². The van der Waals surface area contributed by atoms with Crippen LogP contribution >= 0.6 is 11.3 Å². The van der Waals surface area contributed by atoms with Crippen LogP contribution < -0.4 is 5.32 Å². The fourth-order valence-corrected chi connectivity index (χ4v) is 1.99. The molecule has 0 aliphatic carbocycles. The van der Waals surface area contributed by atoms with Crippen LogP contribution in [0.2, 0.25) is 0 Å². The minimum Gasteiger partial charge on any atom is -0.440 e. The summed E-state index contributed by atoms with van der Waals surface area (Å²) < 4.78 is 5.64. The number of hydrogen-bond acceptors (Lipinski definition) is 5. The molecule has 0 bridgehead atoms. The summed E-state index contributed by atoms with van der Waals surface area (Å²) >= 11 is 1.56. The SMILES string of the molecule is CCNCCCc1ncc(-c2cncs2)o1. The second-order valence-corrected chi connectivity index (χ2v) is 4.33. The predicted molar refractivity (Wildman–Crippen MR) is 64.5 cm³/mol. The van der Waals surface area contributed by atoms with Gasteiger partial charge in [0, 0.05) is 12.6 Å². The fourth-order valence-electron chi connectivity index (χ4n) is 1.42. The Labute approximate surface area is 98.7 Å². The van der Waals surface area contributed by atoms with Crippen molar-refractivity contribution in [1.29, 1.82) is 0 Å². The molecule has 0 aliphatic heterocycles. The van der Waals surface area contributed by atoms with Crippen LogP contribution in [-0.4, -0.2) is 23.1 Å². The minimum absolute atomic E-state index is 0.807. The van der Waals surface area contributed by atoms with Gasteiger partial charge in [-0.2, -0.15) is 0 Å². The van der Waals surface area contributed by atoms with Gasteiger partial charge in [0.15, 0.2) is 11.7 Å². The van der Waals surface area contributed by atoms with Crippen LogP contribution in [0.5, 0.6) is 0 Å². The molecule has 86 valence electrons. The van der Waals surface area contributed by atoms with Crippen LogP contribution in [0.3, 0.4) is 0 Å². The maximum absolute atomic E-state index is 5.64. The lowest BCUT2D eigenvalue weighted by atomic mass is 10.3. The van der Waals surface area contributed by atoms with Crippen LogP contribution in [0.4, 0.5) is 0 Å². The van der Waals surface area contributed by atoms with Gasteiger partial charge in [-0.3, -0.25) is 4.98 Å². The summed E-state index contributed by atoms with van der Waals surface area (Å²) in [4.78, 5) is 9.30. The van der Waals surface area contributed by atoms with Crippen molar-refractivity contribution in [2.24, 2.45) is 0 Å². The molecule has 0 saturated carbocycles. The number of nitrogens with one attached hydrogen (secondary N) is 1. The normalized spacial score (nSPS) is 10.8. The maximum atomic E-state index is 5.64. The average Bonchev–Trinajstić information content (AvgIpc) is 2.94. The van der Waals surface area contributed by atoms with Crippen molar-refractivity contribution in [3.8, 4) is 10.6 Å². The first-order valence-corrected chi connectivity index (χ1v) is 6.32. The molecule has 0 atom stereocenters. The molecule has 4 nitrogen and oxygen atoms in total. The molecule has 0 fully saturated rings. The van der Waals surface area contributed by atoms with E-state index in [1.165, 1.54) is 0 Å². The standard InChI is InChI=1S/C11H15N3OS/c1-2-12-5-3-4-11-14-6-9(15-11)10-7-13-8-16-10/h6-8,12H,2-5H2,1H3. The lowest BCUT2D eigenvalue weighted by molar-refractivity contribution is 0.494. The van der Waals surface area contributed by atoms with Crippen molar-refractivity contribution in [2.75, 3.05) is 13.1 Å². The Kier molecular flexibility index (Phi) is 4.07. The molecule has 5 heteroatoms. The Bertz CT molecular complexity index is 411. The highest BCUT2D eigenvalue weighted by atomic mass is 32.1. The third-order valence-electron chi connectivity index (χ3n) is 2.22. The Morgan fingerprint density at radius 3 is 3.12 bits per heavy atom. The molecule has 0 aliphatic rings. The molecule has 0 spiro atoms. The molecule has 2 aromatic heterocycles. The van der Waals surface area contributed by atoms with Gasteiger partial charge in [-0.1, -0.05) is 6.92 Å². The topological polar surface area (TPSA) is 51.0 Å². The highest BCUT2D eigenvalue weighted by Crippen LogP contribution is 2.23. The molecule has 0 saturated heterocycles. The molecule has 2 aromatic rings. The lowest BCUT2D eigenvalue weighted by Crippen LogP contribution is -2.14. The van der Waals surface area contributed by atoms with E-state index in [2.05, 4.69) is 22.2 Å². The first-order chi connectivity index (χ1) is 7.90. The minimum atomic E-state index is 0.807. The Morgan fingerprint density at radius 1 is 1.44 bits per heavy atom. The fraction of sp³-hybridized carbons (Fsp3) is 0.455. The monoisotopic (exact) mass is 237 g/mol. The number of oxazole rings is 1. The van der Waals surface area contributed by atoms with E-state index in [1.807, 2.05) is 0 Å². The molecule has 2 rings (SSSR count). The third kappa shape index (κ3) is 2.90. The largest absolute Gasteiger partial charge is 0.440 e. The van der Waals surface area contributed by atoms with Gasteiger partial charge >= 0.3 is 0 Å². The zero-order valence-corrected chi connectivity index (χ0v) is 10.1. The summed E-state index contributed by atoms with van der Waals surface area (Å²) in [5.41, 5.74) is 1.79. The van der Waals surface area contributed by atoms with E-state index in [-0.39, 0.29) is 0 Å². The first-order valence-electron chi connectivity index (χ1n) is 5.44. The van der Waals surface area contributed by atoms with E-state index in [1.54, 1.807) is 29.2 Å². The number of rotatable bonds is 6. The van der Waals surface area contributed by atoms with Gasteiger partial charge < -0.3 is 9.73 Å². The summed E-state index contributed by atoms with van der Waals surface area (Å²) in [6.07, 6.45) is 5.51. The second-order valence-electron chi connectivity index (χ2n) is 3.44. The van der Waals surface area contributed by atoms with E-state index in [4.69, 9.17) is 4.42 Å². The van der Waals surface area contributed by atoms with Crippen LogP contribution in [0, 0.1) is 0 Å². The molecular formula is C11H15N3OS. The van der Waals surface area contributed by atoms with Gasteiger partial charge in [0.05, 0.1) is 16.6 Å². The smallest absolute Gasteiger partial charge is 0.194 e. The van der Waals surface area contributed by atoms with Gasteiger partial charge in [-0.15, -0.1) is 11.3 Å². The Morgan fingerprint density at radius 2 is 2.38 bits per heavy atom. The van der Waals surface area contributed by atoms with Gasteiger partial charge in [-0.25, -0.2) is 4.98 Å². The van der Waals surface area contributed by atoms with Gasteiger partial charge in [0.2, 0.25) is 0 Å². The van der Waals surface area contributed by atoms with Gasteiger partial charge in [0.1, 0.15) is 0 Å². The molecule has 2 heterocycles. The van der Waals surface area contributed by atoms with Crippen LogP contribution in [0.1, 0.15) is 19.2 Å². The highest BCUT2D eigenvalue weighted by molar-refractivity contribution is 7.13. The summed E-state index contributed by atoms with van der Waals surface area (Å²) in [7, 11) is 0. The predicted octanol–water partition coefficient (Wildman–Crippen LogP) is 2.34. The number of hydrogen-bond donors (Lipinski definition) is 1. The first kappa shape index (κ1) is 11.3. The Balaban J connectivity index is 1.88. The molecule has 1 N–H and O–H groups in total. The number of thiazole rings is 1.